The van der Waals surface area contributed by atoms with Gasteiger partial charge in [-0.25, -0.2) is 4.79 Å². The van der Waals surface area contributed by atoms with Crippen molar-refractivity contribution in [2.24, 2.45) is 11.8 Å². The lowest BCUT2D eigenvalue weighted by molar-refractivity contribution is -0.190. The SMILES string of the molecule is CCCCCCCCCCC[C@@H](C[C@H]1OC(=O)[C@H]1CCCCCC)OC(=O)[C@@H](CC(C)C)NC=O. The first-order valence-electron chi connectivity index (χ1n) is 14.5. The number of unbranched alkanes of at least 4 members (excludes halogenated alkanes) is 11. The van der Waals surface area contributed by atoms with Crippen molar-refractivity contribution in [1.29, 1.82) is 0 Å². The molecular formula is C29H53NO5. The van der Waals surface area contributed by atoms with Crippen molar-refractivity contribution >= 4 is 18.3 Å². The summed E-state index contributed by atoms with van der Waals surface area (Å²) >= 11 is 0. The van der Waals surface area contributed by atoms with Gasteiger partial charge in [0.15, 0.2) is 0 Å². The Labute approximate surface area is 214 Å². The molecule has 35 heavy (non-hydrogen) atoms. The van der Waals surface area contributed by atoms with Gasteiger partial charge in [0.1, 0.15) is 18.2 Å². The van der Waals surface area contributed by atoms with E-state index < -0.39 is 6.04 Å². The molecule has 0 aliphatic carbocycles. The molecule has 0 aromatic rings. The maximum absolute atomic E-state index is 12.9. The van der Waals surface area contributed by atoms with Gasteiger partial charge < -0.3 is 14.8 Å². The van der Waals surface area contributed by atoms with E-state index in [1.54, 1.807) is 0 Å². The van der Waals surface area contributed by atoms with Gasteiger partial charge >= 0.3 is 11.9 Å². The number of nitrogens with one attached hydrogen (secondary N) is 1. The van der Waals surface area contributed by atoms with Crippen LogP contribution in [-0.2, 0) is 23.9 Å². The van der Waals surface area contributed by atoms with Crippen LogP contribution >= 0.6 is 0 Å². The van der Waals surface area contributed by atoms with Crippen LogP contribution in [0.15, 0.2) is 0 Å². The minimum Gasteiger partial charge on any atom is -0.461 e. The molecule has 1 heterocycles. The van der Waals surface area contributed by atoms with Crippen LogP contribution in [-0.4, -0.2) is 36.6 Å². The molecule has 6 heteroatoms. The topological polar surface area (TPSA) is 81.7 Å². The Morgan fingerprint density at radius 2 is 1.51 bits per heavy atom. The Bertz CT molecular complexity index is 579. The second kappa shape index (κ2) is 19.6. The first-order valence-corrected chi connectivity index (χ1v) is 14.5. The maximum atomic E-state index is 12.9. The summed E-state index contributed by atoms with van der Waals surface area (Å²) < 4.78 is 11.4. The number of amides is 1. The second-order valence-corrected chi connectivity index (χ2v) is 10.8. The molecule has 1 fully saturated rings. The molecule has 1 rings (SSSR count). The minimum atomic E-state index is -0.632. The van der Waals surface area contributed by atoms with Gasteiger partial charge in [-0.05, 0) is 31.6 Å². The van der Waals surface area contributed by atoms with Crippen LogP contribution in [0.1, 0.15) is 137 Å². The number of rotatable bonds is 23. The minimum absolute atomic E-state index is 0.0734. The first kappa shape index (κ1) is 31.4. The van der Waals surface area contributed by atoms with Gasteiger partial charge in [0, 0.05) is 6.42 Å². The number of hydrogen-bond acceptors (Lipinski definition) is 5. The molecule has 0 aromatic carbocycles. The van der Waals surface area contributed by atoms with E-state index in [4.69, 9.17) is 9.47 Å². The van der Waals surface area contributed by atoms with Gasteiger partial charge in [0.2, 0.25) is 6.41 Å². The van der Waals surface area contributed by atoms with Gasteiger partial charge in [-0.15, -0.1) is 0 Å². The van der Waals surface area contributed by atoms with Crippen LogP contribution in [0.2, 0.25) is 0 Å². The lowest BCUT2D eigenvalue weighted by Crippen LogP contribution is -2.48. The third-order valence-electron chi connectivity index (χ3n) is 7.06. The fraction of sp³-hybridized carbons (Fsp3) is 0.897. The number of esters is 2. The molecule has 6 nitrogen and oxygen atoms in total. The third kappa shape index (κ3) is 13.9. The summed E-state index contributed by atoms with van der Waals surface area (Å²) in [5.74, 6) is -0.302. The Morgan fingerprint density at radius 3 is 2.06 bits per heavy atom. The van der Waals surface area contributed by atoms with Crippen LogP contribution in [0, 0.1) is 11.8 Å². The molecule has 0 aromatic heterocycles. The lowest BCUT2D eigenvalue weighted by atomic mass is 9.86. The number of carbonyl (C=O) groups excluding carboxylic acids is 3. The van der Waals surface area contributed by atoms with E-state index in [1.807, 2.05) is 13.8 Å². The molecule has 1 N–H and O–H groups in total. The molecule has 1 saturated heterocycles. The number of carbonyl (C=O) groups is 3. The summed E-state index contributed by atoms with van der Waals surface area (Å²) in [5.41, 5.74) is 0. The fourth-order valence-corrected chi connectivity index (χ4v) is 4.90. The third-order valence-corrected chi connectivity index (χ3v) is 7.06. The van der Waals surface area contributed by atoms with Crippen LogP contribution in [0.25, 0.3) is 0 Å². The molecule has 0 spiro atoms. The van der Waals surface area contributed by atoms with E-state index in [9.17, 15) is 14.4 Å². The summed E-state index contributed by atoms with van der Waals surface area (Å²) in [6, 6.07) is -0.632. The highest BCUT2D eigenvalue weighted by Crippen LogP contribution is 2.32. The van der Waals surface area contributed by atoms with E-state index in [-0.39, 0.29) is 36.0 Å². The zero-order valence-electron chi connectivity index (χ0n) is 23.0. The summed E-state index contributed by atoms with van der Waals surface area (Å²) in [4.78, 5) is 36.0. The average Bonchev–Trinajstić information content (AvgIpc) is 2.81. The van der Waals surface area contributed by atoms with Crippen molar-refractivity contribution < 1.29 is 23.9 Å². The molecule has 1 aliphatic rings. The monoisotopic (exact) mass is 495 g/mol. The molecular weight excluding hydrogens is 442 g/mol. The summed E-state index contributed by atoms with van der Waals surface area (Å²) in [6.45, 7) is 8.45. The Balaban J connectivity index is 2.58. The summed E-state index contributed by atoms with van der Waals surface area (Å²) in [5, 5.41) is 2.62. The second-order valence-electron chi connectivity index (χ2n) is 10.8. The van der Waals surface area contributed by atoms with Crippen LogP contribution in [0.4, 0.5) is 0 Å². The molecule has 0 radical (unpaired) electrons. The molecule has 0 unspecified atom stereocenters. The summed E-state index contributed by atoms with van der Waals surface area (Å²) in [7, 11) is 0. The Kier molecular flexibility index (Phi) is 17.6. The highest BCUT2D eigenvalue weighted by Gasteiger charge is 2.43. The molecule has 4 atom stereocenters. The molecule has 0 saturated carbocycles. The molecule has 1 amide bonds. The zero-order valence-corrected chi connectivity index (χ0v) is 23.0. The predicted octanol–water partition coefficient (Wildman–Crippen LogP) is 6.88. The highest BCUT2D eigenvalue weighted by atomic mass is 16.6. The van der Waals surface area contributed by atoms with Crippen molar-refractivity contribution in [2.75, 3.05) is 0 Å². The highest BCUT2D eigenvalue weighted by molar-refractivity contribution is 5.79. The quantitative estimate of drug-likeness (QED) is 0.0949. The van der Waals surface area contributed by atoms with Crippen molar-refractivity contribution in [3.05, 3.63) is 0 Å². The average molecular weight is 496 g/mol. The summed E-state index contributed by atoms with van der Waals surface area (Å²) in [6.07, 6.45) is 18.5. The van der Waals surface area contributed by atoms with E-state index in [1.165, 1.54) is 57.8 Å². The zero-order chi connectivity index (χ0) is 25.9. The van der Waals surface area contributed by atoms with Crippen molar-refractivity contribution in [2.45, 2.75) is 155 Å². The smallest absolute Gasteiger partial charge is 0.328 e. The standard InChI is InChI=1S/C29H53NO5/c1-5-7-9-11-12-13-14-15-16-18-24(34-29(33)26(30-22-31)20-23(3)4)21-27-25(28(32)35-27)19-17-10-8-6-2/h22-27H,5-21H2,1-4H3,(H,30,31)/t24-,25-,26+,27+/m0/s1. The fourth-order valence-electron chi connectivity index (χ4n) is 4.90. The molecule has 1 aliphatic heterocycles. The van der Waals surface area contributed by atoms with E-state index in [0.29, 0.717) is 19.3 Å². The lowest BCUT2D eigenvalue weighted by Gasteiger charge is -2.37. The number of hydrogen-bond donors (Lipinski definition) is 1. The molecule has 204 valence electrons. The van der Waals surface area contributed by atoms with Gasteiger partial charge in [0.25, 0.3) is 0 Å². The first-order chi connectivity index (χ1) is 16.9. The largest absolute Gasteiger partial charge is 0.461 e. The van der Waals surface area contributed by atoms with E-state index in [0.717, 1.165) is 38.5 Å². The van der Waals surface area contributed by atoms with Gasteiger partial charge in [-0.2, -0.15) is 0 Å². The van der Waals surface area contributed by atoms with Crippen molar-refractivity contribution in [3.8, 4) is 0 Å². The van der Waals surface area contributed by atoms with Crippen LogP contribution in [0.5, 0.6) is 0 Å². The van der Waals surface area contributed by atoms with Crippen molar-refractivity contribution in [3.63, 3.8) is 0 Å². The Morgan fingerprint density at radius 1 is 0.943 bits per heavy atom. The van der Waals surface area contributed by atoms with Crippen LogP contribution in [0.3, 0.4) is 0 Å². The van der Waals surface area contributed by atoms with Crippen LogP contribution < -0.4 is 5.32 Å². The number of cyclic esters (lactones) is 1. The predicted molar refractivity (Wildman–Crippen MR) is 141 cm³/mol. The molecule has 0 bridgehead atoms. The van der Waals surface area contributed by atoms with Gasteiger partial charge in [0.05, 0.1) is 5.92 Å². The maximum Gasteiger partial charge on any atom is 0.328 e. The van der Waals surface area contributed by atoms with Gasteiger partial charge in [-0.1, -0.05) is 105 Å². The normalized spacial score (nSPS) is 19.1. The van der Waals surface area contributed by atoms with E-state index >= 15 is 0 Å². The van der Waals surface area contributed by atoms with Gasteiger partial charge in [-0.3, -0.25) is 9.59 Å². The van der Waals surface area contributed by atoms with E-state index in [2.05, 4.69) is 19.2 Å². The Hall–Kier alpha value is -1.59. The number of ether oxygens (including phenoxy) is 2. The van der Waals surface area contributed by atoms with Crippen molar-refractivity contribution in [1.82, 2.24) is 5.32 Å².